The summed E-state index contributed by atoms with van der Waals surface area (Å²) in [5.41, 5.74) is 0.646. The fraction of sp³-hybridized carbons (Fsp3) is 0.357. The molecule has 0 saturated carbocycles. The summed E-state index contributed by atoms with van der Waals surface area (Å²) in [7, 11) is -0.599. The lowest BCUT2D eigenvalue weighted by Crippen LogP contribution is -2.30. The molecular weight excluding hydrogens is 342 g/mol. The van der Waals surface area contributed by atoms with Gasteiger partial charge >= 0.3 is 10.2 Å². The molecule has 0 bridgehead atoms. The van der Waals surface area contributed by atoms with Gasteiger partial charge in [-0.1, -0.05) is 30.0 Å². The maximum absolute atomic E-state index is 12.6. The Morgan fingerprint density at radius 2 is 1.95 bits per heavy atom. The second-order valence-electron chi connectivity index (χ2n) is 4.79. The Labute approximate surface area is 140 Å². The molecule has 0 saturated heterocycles. The first-order valence-corrected chi connectivity index (χ1v) is 9.50. The third kappa shape index (κ3) is 3.84. The van der Waals surface area contributed by atoms with Gasteiger partial charge in [-0.05, 0) is 25.0 Å². The summed E-state index contributed by atoms with van der Waals surface area (Å²) < 4.78 is 27.7. The van der Waals surface area contributed by atoms with E-state index in [-0.39, 0.29) is 0 Å². The third-order valence-corrected chi connectivity index (χ3v) is 6.12. The molecular formula is C14H18ClN3O2S2. The standard InChI is InChI=1S/C14H18ClN3O2S2/c1-17(2)22(19,20)18-12(7-6-10-15)11-16-14(18)21-13-8-4-3-5-9-13/h3-5,8-9,11H,6-7,10H2,1-2H3. The number of nitrogens with zero attached hydrogens (tertiary/aromatic N) is 3. The van der Waals surface area contributed by atoms with Crippen molar-refractivity contribution in [3.63, 3.8) is 0 Å². The summed E-state index contributed by atoms with van der Waals surface area (Å²) in [6, 6.07) is 9.57. The zero-order chi connectivity index (χ0) is 16.2. The van der Waals surface area contributed by atoms with Gasteiger partial charge in [0.2, 0.25) is 0 Å². The van der Waals surface area contributed by atoms with Crippen molar-refractivity contribution >= 4 is 33.6 Å². The second-order valence-corrected chi connectivity index (χ2v) is 8.20. The Bertz CT molecular complexity index is 715. The molecule has 0 aliphatic carbocycles. The highest BCUT2D eigenvalue weighted by Gasteiger charge is 2.24. The van der Waals surface area contributed by atoms with Gasteiger partial charge in [-0.15, -0.1) is 11.6 Å². The van der Waals surface area contributed by atoms with Gasteiger partial charge in [-0.2, -0.15) is 12.7 Å². The third-order valence-electron chi connectivity index (χ3n) is 2.97. The van der Waals surface area contributed by atoms with E-state index in [0.29, 0.717) is 29.6 Å². The summed E-state index contributed by atoms with van der Waals surface area (Å²) in [6.45, 7) is 0. The Morgan fingerprint density at radius 1 is 1.27 bits per heavy atom. The molecule has 0 radical (unpaired) electrons. The van der Waals surface area contributed by atoms with Gasteiger partial charge in [-0.25, -0.2) is 8.96 Å². The molecule has 0 N–H and O–H groups in total. The number of imidazole rings is 1. The van der Waals surface area contributed by atoms with Crippen LogP contribution in [0.4, 0.5) is 0 Å². The van der Waals surface area contributed by atoms with Crippen LogP contribution in [0.3, 0.4) is 0 Å². The zero-order valence-electron chi connectivity index (χ0n) is 12.4. The zero-order valence-corrected chi connectivity index (χ0v) is 14.8. The number of hydrogen-bond donors (Lipinski definition) is 0. The fourth-order valence-electron chi connectivity index (χ4n) is 1.84. The molecule has 2 rings (SSSR count). The molecule has 120 valence electrons. The highest BCUT2D eigenvalue weighted by molar-refractivity contribution is 7.99. The monoisotopic (exact) mass is 359 g/mol. The van der Waals surface area contributed by atoms with Crippen molar-refractivity contribution in [2.75, 3.05) is 20.0 Å². The highest BCUT2D eigenvalue weighted by Crippen LogP contribution is 2.29. The molecule has 1 aromatic heterocycles. The fourth-order valence-corrected chi connectivity index (χ4v) is 4.19. The van der Waals surface area contributed by atoms with Crippen molar-refractivity contribution in [2.45, 2.75) is 22.9 Å². The smallest absolute Gasteiger partial charge is 0.230 e. The van der Waals surface area contributed by atoms with E-state index in [0.717, 1.165) is 4.90 Å². The summed E-state index contributed by atoms with van der Waals surface area (Å²) in [5.74, 6) is 0.481. The van der Waals surface area contributed by atoms with E-state index in [1.165, 1.54) is 34.1 Å². The highest BCUT2D eigenvalue weighted by atomic mass is 35.5. The van der Waals surface area contributed by atoms with Crippen molar-refractivity contribution in [1.82, 2.24) is 13.3 Å². The summed E-state index contributed by atoms with van der Waals surface area (Å²) in [4.78, 5) is 5.23. The number of aryl methyl sites for hydroxylation is 1. The van der Waals surface area contributed by atoms with Crippen molar-refractivity contribution in [2.24, 2.45) is 0 Å². The van der Waals surface area contributed by atoms with Gasteiger partial charge in [0.25, 0.3) is 0 Å². The molecule has 1 heterocycles. The van der Waals surface area contributed by atoms with E-state index in [9.17, 15) is 8.42 Å². The Morgan fingerprint density at radius 3 is 2.55 bits per heavy atom. The van der Waals surface area contributed by atoms with E-state index in [2.05, 4.69) is 4.98 Å². The summed E-state index contributed by atoms with van der Waals surface area (Å²) in [6.07, 6.45) is 2.88. The Balaban J connectivity index is 2.44. The topological polar surface area (TPSA) is 55.2 Å². The lowest BCUT2D eigenvalue weighted by Gasteiger charge is -2.16. The SMILES string of the molecule is CN(C)S(=O)(=O)n1c(CCCCl)cnc1Sc1ccccc1. The predicted octanol–water partition coefficient (Wildman–Crippen LogP) is 2.86. The molecule has 0 aliphatic rings. The molecule has 0 unspecified atom stereocenters. The summed E-state index contributed by atoms with van der Waals surface area (Å²) in [5, 5.41) is 0.435. The molecule has 0 fully saturated rings. The van der Waals surface area contributed by atoms with Gasteiger partial charge in [0.05, 0.1) is 11.9 Å². The second kappa shape index (κ2) is 7.50. The van der Waals surface area contributed by atoms with Gasteiger partial charge < -0.3 is 0 Å². The lowest BCUT2D eigenvalue weighted by molar-refractivity contribution is 0.503. The number of aromatic nitrogens is 2. The van der Waals surface area contributed by atoms with Crippen LogP contribution in [0.2, 0.25) is 0 Å². The number of alkyl halides is 1. The molecule has 0 spiro atoms. The van der Waals surface area contributed by atoms with Crippen LogP contribution < -0.4 is 0 Å². The molecule has 5 nitrogen and oxygen atoms in total. The van der Waals surface area contributed by atoms with Gasteiger partial charge in [-0.3, -0.25) is 0 Å². The van der Waals surface area contributed by atoms with Crippen LogP contribution in [0, 0.1) is 0 Å². The quantitative estimate of drug-likeness (QED) is 0.713. The van der Waals surface area contributed by atoms with E-state index in [4.69, 9.17) is 11.6 Å². The van der Waals surface area contributed by atoms with Crippen molar-refractivity contribution < 1.29 is 8.42 Å². The molecule has 2 aromatic rings. The van der Waals surface area contributed by atoms with E-state index < -0.39 is 10.2 Å². The van der Waals surface area contributed by atoms with Crippen molar-refractivity contribution in [1.29, 1.82) is 0 Å². The molecule has 8 heteroatoms. The maximum atomic E-state index is 12.6. The number of benzene rings is 1. The minimum absolute atomic E-state index is 0.435. The van der Waals surface area contributed by atoms with Gasteiger partial charge in [0.1, 0.15) is 0 Å². The average Bonchev–Trinajstić information content (AvgIpc) is 2.89. The van der Waals surface area contributed by atoms with Crippen LogP contribution in [-0.4, -0.2) is 41.7 Å². The van der Waals surface area contributed by atoms with Gasteiger partial charge in [0, 0.05) is 24.9 Å². The lowest BCUT2D eigenvalue weighted by atomic mass is 10.3. The molecule has 22 heavy (non-hydrogen) atoms. The Kier molecular flexibility index (Phi) is 5.91. The first-order chi connectivity index (χ1) is 10.5. The van der Waals surface area contributed by atoms with E-state index in [1.807, 2.05) is 30.3 Å². The van der Waals surface area contributed by atoms with Crippen LogP contribution in [0.15, 0.2) is 46.6 Å². The van der Waals surface area contributed by atoms with Crippen LogP contribution in [0.5, 0.6) is 0 Å². The van der Waals surface area contributed by atoms with Gasteiger partial charge in [0.15, 0.2) is 5.16 Å². The van der Waals surface area contributed by atoms with Crippen LogP contribution in [-0.2, 0) is 16.6 Å². The normalized spacial score (nSPS) is 12.0. The average molecular weight is 360 g/mol. The van der Waals surface area contributed by atoms with E-state index >= 15 is 0 Å². The minimum Gasteiger partial charge on any atom is -0.230 e. The van der Waals surface area contributed by atoms with Crippen LogP contribution in [0.25, 0.3) is 0 Å². The minimum atomic E-state index is -3.62. The van der Waals surface area contributed by atoms with E-state index in [1.54, 1.807) is 6.20 Å². The molecule has 1 aromatic carbocycles. The number of halogens is 1. The van der Waals surface area contributed by atoms with Crippen LogP contribution >= 0.6 is 23.4 Å². The van der Waals surface area contributed by atoms with Crippen molar-refractivity contribution in [3.05, 3.63) is 42.2 Å². The predicted molar refractivity (Wildman–Crippen MR) is 89.8 cm³/mol. The Hall–Kier alpha value is -1.02. The first kappa shape index (κ1) is 17.3. The molecule has 0 atom stereocenters. The molecule has 0 amide bonds. The van der Waals surface area contributed by atoms with Crippen molar-refractivity contribution in [3.8, 4) is 0 Å². The van der Waals surface area contributed by atoms with Crippen LogP contribution in [0.1, 0.15) is 12.1 Å². The first-order valence-electron chi connectivity index (χ1n) is 6.75. The number of hydrogen-bond acceptors (Lipinski definition) is 4. The number of rotatable bonds is 7. The summed E-state index contributed by atoms with van der Waals surface area (Å²) >= 11 is 7.05. The maximum Gasteiger partial charge on any atom is 0.309 e. The molecule has 0 aliphatic heterocycles. The largest absolute Gasteiger partial charge is 0.309 e.